The molecular formula is C57H94O21. The van der Waals surface area contributed by atoms with Gasteiger partial charge in [-0.05, 0) is 67.4 Å². The average molecular weight is 1120 g/mol. The van der Waals surface area contributed by atoms with Gasteiger partial charge in [-0.25, -0.2) is 4.79 Å². The fourth-order valence-corrected chi connectivity index (χ4v) is 11.2. The summed E-state index contributed by atoms with van der Waals surface area (Å²) in [6.45, 7) is 17.2. The third-order valence-electron chi connectivity index (χ3n) is 16.2. The number of allylic oxidation sites excluding steroid dienone is 7. The summed E-state index contributed by atoms with van der Waals surface area (Å²) in [5.41, 5.74) is 0.141. The molecule has 0 radical (unpaired) electrons. The van der Waals surface area contributed by atoms with Crippen LogP contribution in [0.25, 0.3) is 0 Å². The van der Waals surface area contributed by atoms with Crippen molar-refractivity contribution in [3.63, 3.8) is 0 Å². The van der Waals surface area contributed by atoms with Gasteiger partial charge in [0.2, 0.25) is 5.79 Å². The molecule has 0 amide bonds. The van der Waals surface area contributed by atoms with Crippen molar-refractivity contribution < 1.29 is 102 Å². The molecule has 25 atom stereocenters. The molecule has 0 aromatic rings. The molecule has 5 aliphatic rings. The Kier molecular flexibility index (Phi) is 25.1. The van der Waals surface area contributed by atoms with Gasteiger partial charge in [-0.15, -0.1) is 0 Å². The van der Waals surface area contributed by atoms with Crippen LogP contribution in [0.5, 0.6) is 0 Å². The molecule has 0 spiro atoms. The van der Waals surface area contributed by atoms with Crippen molar-refractivity contribution in [3.05, 3.63) is 59.3 Å². The van der Waals surface area contributed by atoms with E-state index >= 15 is 0 Å². The van der Waals surface area contributed by atoms with E-state index < -0.39 is 152 Å². The fourth-order valence-electron chi connectivity index (χ4n) is 11.2. The first kappa shape index (κ1) is 66.2. The second-order valence-corrected chi connectivity index (χ2v) is 22.5. The number of cyclic esters (lactones) is 1. The number of carbonyl (C=O) groups excluding carboxylic acids is 1. The van der Waals surface area contributed by atoms with Gasteiger partial charge in [0, 0.05) is 77.4 Å². The van der Waals surface area contributed by atoms with Gasteiger partial charge >= 0.3 is 5.97 Å². The number of hydrogen-bond donors (Lipinski definition) is 8. The summed E-state index contributed by atoms with van der Waals surface area (Å²) in [4.78, 5) is 14.1. The molecule has 5 rings (SSSR count). The van der Waals surface area contributed by atoms with E-state index in [0.29, 0.717) is 12.0 Å². The summed E-state index contributed by atoms with van der Waals surface area (Å²) in [5.74, 6) is -5.44. The fraction of sp³-hybridized carbons (Fsp3) is 0.807. The van der Waals surface area contributed by atoms with E-state index in [9.17, 15) is 45.6 Å². The molecule has 0 saturated carbocycles. The zero-order valence-electron chi connectivity index (χ0n) is 48.2. The first-order chi connectivity index (χ1) is 36.7. The van der Waals surface area contributed by atoms with Crippen LogP contribution in [0.2, 0.25) is 0 Å². The first-order valence-corrected chi connectivity index (χ1v) is 27.5. The van der Waals surface area contributed by atoms with Crippen molar-refractivity contribution >= 4 is 5.97 Å². The molecule has 5 heterocycles. The highest BCUT2D eigenvalue weighted by Gasteiger charge is 2.57. The third-order valence-corrected chi connectivity index (χ3v) is 16.2. The predicted molar refractivity (Wildman–Crippen MR) is 283 cm³/mol. The summed E-state index contributed by atoms with van der Waals surface area (Å²) in [6.07, 6.45) is -6.64. The Balaban J connectivity index is 1.36. The predicted octanol–water partition coefficient (Wildman–Crippen LogP) is 3.20. The quantitative estimate of drug-likeness (QED) is 0.109. The van der Waals surface area contributed by atoms with Gasteiger partial charge in [-0.1, -0.05) is 68.4 Å². The molecular weight excluding hydrogens is 1020 g/mol. The molecule has 0 aromatic heterocycles. The molecule has 0 unspecified atom stereocenters. The van der Waals surface area contributed by atoms with Crippen LogP contribution in [0.1, 0.15) is 108 Å². The molecule has 4 saturated heterocycles. The topological polar surface area (TPSA) is 290 Å². The highest BCUT2D eigenvalue weighted by molar-refractivity contribution is 5.88. The summed E-state index contributed by atoms with van der Waals surface area (Å²) in [6, 6.07) is 0. The summed E-state index contributed by atoms with van der Waals surface area (Å²) in [7, 11) is 5.79. The number of esters is 1. The Morgan fingerprint density at radius 1 is 0.769 bits per heavy atom. The molecule has 0 aliphatic carbocycles. The van der Waals surface area contributed by atoms with Crippen LogP contribution >= 0.6 is 0 Å². The van der Waals surface area contributed by atoms with E-state index in [2.05, 4.69) is 0 Å². The van der Waals surface area contributed by atoms with Crippen molar-refractivity contribution in [2.24, 2.45) is 17.8 Å². The minimum Gasteiger partial charge on any atom is -0.456 e. The maximum Gasteiger partial charge on any atom is 0.334 e. The Labute approximate surface area is 461 Å². The van der Waals surface area contributed by atoms with Gasteiger partial charge in [-0.2, -0.15) is 0 Å². The van der Waals surface area contributed by atoms with Crippen LogP contribution in [0, 0.1) is 17.8 Å². The Morgan fingerprint density at radius 3 is 2.09 bits per heavy atom. The average Bonchev–Trinajstić information content (AvgIpc) is 3.44. The van der Waals surface area contributed by atoms with Gasteiger partial charge in [0.1, 0.15) is 42.7 Å². The molecule has 448 valence electrons. The number of rotatable bonds is 15. The zero-order valence-corrected chi connectivity index (χ0v) is 48.2. The van der Waals surface area contributed by atoms with E-state index in [1.165, 1.54) is 42.3 Å². The first-order valence-electron chi connectivity index (χ1n) is 27.5. The van der Waals surface area contributed by atoms with E-state index in [1.54, 1.807) is 59.8 Å². The number of ether oxygens (including phenoxy) is 12. The van der Waals surface area contributed by atoms with Crippen LogP contribution in [-0.4, -0.2) is 216 Å². The lowest BCUT2D eigenvalue weighted by molar-refractivity contribution is -0.366. The van der Waals surface area contributed by atoms with Crippen molar-refractivity contribution in [1.82, 2.24) is 0 Å². The lowest BCUT2D eigenvalue weighted by Crippen LogP contribution is -2.66. The molecule has 8 N–H and O–H groups in total. The number of aliphatic hydroxyl groups excluding tert-OH is 6. The number of hydrogen-bond acceptors (Lipinski definition) is 21. The third kappa shape index (κ3) is 16.8. The molecule has 5 aliphatic heterocycles. The monoisotopic (exact) mass is 1110 g/mol. The van der Waals surface area contributed by atoms with Crippen LogP contribution in [0.3, 0.4) is 0 Å². The minimum absolute atomic E-state index is 0.00790. The van der Waals surface area contributed by atoms with E-state index in [4.69, 9.17) is 56.8 Å². The highest BCUT2D eigenvalue weighted by atomic mass is 16.7. The summed E-state index contributed by atoms with van der Waals surface area (Å²) in [5, 5.41) is 92.4. The summed E-state index contributed by atoms with van der Waals surface area (Å²) < 4.78 is 71.8. The zero-order chi connectivity index (χ0) is 58.0. The van der Waals surface area contributed by atoms with E-state index in [0.717, 1.165) is 5.57 Å². The van der Waals surface area contributed by atoms with Crippen molar-refractivity contribution in [3.8, 4) is 0 Å². The molecule has 0 aromatic carbocycles. The maximum absolute atomic E-state index is 14.1. The number of methoxy groups -OCH3 is 4. The second kappa shape index (κ2) is 29.6. The van der Waals surface area contributed by atoms with Crippen LogP contribution in [0.15, 0.2) is 59.3 Å². The van der Waals surface area contributed by atoms with Crippen molar-refractivity contribution in [2.45, 2.75) is 242 Å². The van der Waals surface area contributed by atoms with E-state index in [-0.39, 0.29) is 50.2 Å². The molecule has 21 heteroatoms. The number of aliphatic hydroxyl groups is 8. The Morgan fingerprint density at radius 2 is 1.45 bits per heavy atom. The van der Waals surface area contributed by atoms with Gasteiger partial charge in [0.15, 0.2) is 18.9 Å². The molecule has 78 heavy (non-hydrogen) atoms. The second-order valence-electron chi connectivity index (χ2n) is 22.5. The van der Waals surface area contributed by atoms with Gasteiger partial charge in [0.25, 0.3) is 0 Å². The van der Waals surface area contributed by atoms with Crippen LogP contribution in [0.4, 0.5) is 0 Å². The summed E-state index contributed by atoms with van der Waals surface area (Å²) >= 11 is 0. The smallest absolute Gasteiger partial charge is 0.334 e. The maximum atomic E-state index is 14.1. The molecule has 21 nitrogen and oxygen atoms in total. The van der Waals surface area contributed by atoms with Crippen molar-refractivity contribution in [2.75, 3.05) is 35.0 Å². The normalized spacial score (nSPS) is 46.7. The SMILES string of the molecule is COC[C@@H](C[C@H]1O[C@@](O)([C@H](O)[C@@H]2C[C@H](OC)[C@@H](O)CC/C=C(C)/C=C/[C@@H](O[C@@H]3O[C@@H](C)[C@H](OC)[C@@H](O)[C@@H]3O)[C@H](C)/C=C/C=C(C)/C=C(\C)C(=O)O2)[C@H](C)[C@@H](O)[C@H]1C)O[C@H]1C[C@](C)(O)[C@@H](O[C@H]2C[C@@H](OC)[C@H](O)[C@@H](C)O2)[C@H](C)O1. The Bertz CT molecular complexity index is 2030. The molecule has 4 fully saturated rings. The van der Waals surface area contributed by atoms with Crippen LogP contribution < -0.4 is 0 Å². The number of carbonyl (C=O) groups is 1. The van der Waals surface area contributed by atoms with Gasteiger partial charge < -0.3 is 97.7 Å². The van der Waals surface area contributed by atoms with Crippen LogP contribution in [-0.2, 0) is 61.6 Å². The molecule has 0 bridgehead atoms. The Hall–Kier alpha value is -2.59. The standard InChI is InChI=1S/C57H94O21/c1-29-17-16-20-39(58)42(68-12)25-44(75-54(64)32(4)23-30(2)18-15-19-31(3)40(22-21-29)76-55-50(62)49(61)51(70-14)36(8)73-55)52(63)57(66)34(6)47(59)33(5)41(78-57)24-38(28-67-11)74-46-27-56(10,65)53(37(9)72-46)77-45-26-43(69-13)48(60)35(7)71-45/h15,17-19,21-23,31,33-53,55,58-63,65-66H,16,20,24-28H2,1-14H3/b19-15+,22-21+,29-17+,30-18+,32-23+/t31-,33+,34-,35-,36+,37+,38-,39+,40-,41-,42+,43-,44+,45+,46+,47+,48-,49+,50+,51+,52-,53+,55+,56+,57-/m1/s1. The largest absolute Gasteiger partial charge is 0.456 e. The highest BCUT2D eigenvalue weighted by Crippen LogP contribution is 2.43. The lowest BCUT2D eigenvalue weighted by atomic mass is 9.76. The van der Waals surface area contributed by atoms with Gasteiger partial charge in [-0.3, -0.25) is 0 Å². The van der Waals surface area contributed by atoms with Crippen molar-refractivity contribution in [1.29, 1.82) is 0 Å². The van der Waals surface area contributed by atoms with Gasteiger partial charge in [0.05, 0.1) is 73.2 Å². The lowest BCUT2D eigenvalue weighted by Gasteiger charge is -2.51. The minimum atomic E-state index is -2.54. The van der Waals surface area contributed by atoms with E-state index in [1.807, 2.05) is 38.2 Å².